The van der Waals surface area contributed by atoms with E-state index in [2.05, 4.69) is 4.74 Å². The van der Waals surface area contributed by atoms with Crippen molar-refractivity contribution in [3.63, 3.8) is 0 Å². The Morgan fingerprint density at radius 3 is 2.46 bits per heavy atom. The highest BCUT2D eigenvalue weighted by Gasteiger charge is 2.29. The highest BCUT2D eigenvalue weighted by molar-refractivity contribution is 5.75. The fourth-order valence-corrected chi connectivity index (χ4v) is 1.79. The molecule has 13 heavy (non-hydrogen) atoms. The van der Waals surface area contributed by atoms with E-state index in [0.717, 1.165) is 25.7 Å². The molecule has 1 atom stereocenters. The Hall–Kier alpha value is -0.610. The van der Waals surface area contributed by atoms with E-state index >= 15 is 0 Å². The van der Waals surface area contributed by atoms with Crippen LogP contribution in [0.3, 0.4) is 0 Å². The monoisotopic (exact) mass is 187 g/mol. The third-order valence-corrected chi connectivity index (χ3v) is 2.72. The molecule has 0 bridgehead atoms. The smallest absolute Gasteiger partial charge is 0.322 e. The number of hydrogen-bond acceptors (Lipinski definition) is 4. The second-order valence-electron chi connectivity index (χ2n) is 3.62. The van der Waals surface area contributed by atoms with E-state index < -0.39 is 6.04 Å². The number of rotatable bonds is 2. The van der Waals surface area contributed by atoms with Gasteiger partial charge in [0.05, 0.1) is 13.2 Å². The van der Waals surface area contributed by atoms with Crippen LogP contribution >= 0.6 is 0 Å². The molecule has 4 heteroatoms. The van der Waals surface area contributed by atoms with Crippen LogP contribution in [0.15, 0.2) is 0 Å². The molecule has 1 saturated carbocycles. The summed E-state index contributed by atoms with van der Waals surface area (Å²) in [7, 11) is 1.35. The van der Waals surface area contributed by atoms with E-state index in [9.17, 15) is 9.90 Å². The van der Waals surface area contributed by atoms with Gasteiger partial charge >= 0.3 is 5.97 Å². The fourth-order valence-electron chi connectivity index (χ4n) is 1.79. The summed E-state index contributed by atoms with van der Waals surface area (Å²) in [5.74, 6) is -0.169. The first kappa shape index (κ1) is 10.5. The number of ether oxygens (including phenoxy) is 1. The Balaban J connectivity index is 2.39. The Morgan fingerprint density at radius 1 is 1.46 bits per heavy atom. The van der Waals surface area contributed by atoms with Gasteiger partial charge in [-0.05, 0) is 31.6 Å². The molecule has 0 aromatic rings. The lowest BCUT2D eigenvalue weighted by Crippen LogP contribution is -2.41. The van der Waals surface area contributed by atoms with Crippen molar-refractivity contribution in [2.24, 2.45) is 11.7 Å². The molecule has 76 valence electrons. The summed E-state index contributed by atoms with van der Waals surface area (Å²) >= 11 is 0. The molecule has 3 N–H and O–H groups in total. The average molecular weight is 187 g/mol. The van der Waals surface area contributed by atoms with Crippen LogP contribution in [0.25, 0.3) is 0 Å². The zero-order valence-corrected chi connectivity index (χ0v) is 7.90. The van der Waals surface area contributed by atoms with Crippen LogP contribution in [0.4, 0.5) is 0 Å². The number of carbonyl (C=O) groups is 1. The maximum Gasteiger partial charge on any atom is 0.322 e. The van der Waals surface area contributed by atoms with Gasteiger partial charge in [-0.25, -0.2) is 0 Å². The van der Waals surface area contributed by atoms with Crippen LogP contribution in [-0.4, -0.2) is 30.3 Å². The minimum absolute atomic E-state index is 0.177. The van der Waals surface area contributed by atoms with Crippen molar-refractivity contribution >= 4 is 5.97 Å². The van der Waals surface area contributed by atoms with Crippen molar-refractivity contribution in [3.05, 3.63) is 0 Å². The SMILES string of the molecule is COC(=O)[C@@H](N)C1CCC(O)CC1. The molecule has 0 spiro atoms. The molecular formula is C9H17NO3. The minimum atomic E-state index is -0.516. The molecular weight excluding hydrogens is 170 g/mol. The van der Waals surface area contributed by atoms with Gasteiger partial charge in [-0.3, -0.25) is 4.79 Å². The Morgan fingerprint density at radius 2 is 2.00 bits per heavy atom. The first-order valence-electron chi connectivity index (χ1n) is 4.66. The summed E-state index contributed by atoms with van der Waals surface area (Å²) in [4.78, 5) is 11.1. The van der Waals surface area contributed by atoms with Crippen LogP contribution < -0.4 is 5.73 Å². The molecule has 0 radical (unpaired) electrons. The van der Waals surface area contributed by atoms with Gasteiger partial charge in [0.1, 0.15) is 6.04 Å². The van der Waals surface area contributed by atoms with Crippen molar-refractivity contribution in [2.75, 3.05) is 7.11 Å². The maximum atomic E-state index is 11.1. The van der Waals surface area contributed by atoms with Crippen molar-refractivity contribution in [3.8, 4) is 0 Å². The summed E-state index contributed by atoms with van der Waals surface area (Å²) in [6.07, 6.45) is 2.92. The molecule has 1 aliphatic carbocycles. The Labute approximate surface area is 78.1 Å². The second kappa shape index (κ2) is 4.58. The lowest BCUT2D eigenvalue weighted by Gasteiger charge is -2.28. The van der Waals surface area contributed by atoms with Gasteiger partial charge in [0.2, 0.25) is 0 Å². The van der Waals surface area contributed by atoms with Gasteiger partial charge in [0.25, 0.3) is 0 Å². The minimum Gasteiger partial charge on any atom is -0.468 e. The average Bonchev–Trinajstić information content (AvgIpc) is 2.17. The molecule has 0 aromatic carbocycles. The van der Waals surface area contributed by atoms with Crippen molar-refractivity contribution in [1.82, 2.24) is 0 Å². The van der Waals surface area contributed by atoms with E-state index in [-0.39, 0.29) is 18.0 Å². The number of methoxy groups -OCH3 is 1. The lowest BCUT2D eigenvalue weighted by molar-refractivity contribution is -0.144. The number of esters is 1. The predicted octanol–water partition coefficient (Wildman–Crippen LogP) is 0.0378. The number of aliphatic hydroxyl groups is 1. The van der Waals surface area contributed by atoms with Crippen LogP contribution in [0.1, 0.15) is 25.7 Å². The quantitative estimate of drug-likeness (QED) is 0.598. The van der Waals surface area contributed by atoms with Gasteiger partial charge in [-0.2, -0.15) is 0 Å². The van der Waals surface area contributed by atoms with Gasteiger partial charge in [-0.1, -0.05) is 0 Å². The van der Waals surface area contributed by atoms with Crippen LogP contribution in [0.5, 0.6) is 0 Å². The Bertz CT molecular complexity index is 176. The molecule has 0 amide bonds. The van der Waals surface area contributed by atoms with Gasteiger partial charge < -0.3 is 15.6 Å². The number of hydrogen-bond donors (Lipinski definition) is 2. The van der Waals surface area contributed by atoms with Crippen molar-refractivity contribution < 1.29 is 14.6 Å². The maximum absolute atomic E-state index is 11.1. The van der Waals surface area contributed by atoms with E-state index in [1.807, 2.05) is 0 Å². The summed E-state index contributed by atoms with van der Waals surface area (Å²) < 4.78 is 4.57. The molecule has 1 fully saturated rings. The molecule has 1 rings (SSSR count). The van der Waals surface area contributed by atoms with Gasteiger partial charge in [0.15, 0.2) is 0 Å². The fraction of sp³-hybridized carbons (Fsp3) is 0.889. The lowest BCUT2D eigenvalue weighted by atomic mass is 9.83. The zero-order chi connectivity index (χ0) is 9.84. The van der Waals surface area contributed by atoms with Crippen LogP contribution in [-0.2, 0) is 9.53 Å². The first-order valence-corrected chi connectivity index (χ1v) is 4.66. The summed E-state index contributed by atoms with van der Waals surface area (Å²) in [5, 5.41) is 9.25. The highest BCUT2D eigenvalue weighted by atomic mass is 16.5. The molecule has 4 nitrogen and oxygen atoms in total. The largest absolute Gasteiger partial charge is 0.468 e. The molecule has 0 unspecified atom stereocenters. The molecule has 0 aliphatic heterocycles. The van der Waals surface area contributed by atoms with Gasteiger partial charge in [0, 0.05) is 0 Å². The second-order valence-corrected chi connectivity index (χ2v) is 3.62. The first-order chi connectivity index (χ1) is 6.15. The number of aliphatic hydroxyl groups excluding tert-OH is 1. The van der Waals surface area contributed by atoms with E-state index in [1.54, 1.807) is 0 Å². The molecule has 1 aliphatic rings. The van der Waals surface area contributed by atoms with Crippen LogP contribution in [0.2, 0.25) is 0 Å². The molecule has 0 saturated heterocycles. The third kappa shape index (κ3) is 2.67. The molecule has 0 aromatic heterocycles. The standard InChI is InChI=1S/C9H17NO3/c1-13-9(12)8(10)6-2-4-7(11)5-3-6/h6-8,11H,2-5,10H2,1H3/t6?,7?,8-/m0/s1. The number of nitrogens with two attached hydrogens (primary N) is 1. The van der Waals surface area contributed by atoms with Crippen molar-refractivity contribution in [2.45, 2.75) is 37.8 Å². The summed E-state index contributed by atoms with van der Waals surface area (Å²) in [5.41, 5.74) is 5.69. The Kier molecular flexibility index (Phi) is 3.69. The predicted molar refractivity (Wildman–Crippen MR) is 48.0 cm³/mol. The molecule has 0 heterocycles. The highest BCUT2D eigenvalue weighted by Crippen LogP contribution is 2.26. The van der Waals surface area contributed by atoms with E-state index in [1.165, 1.54) is 7.11 Å². The van der Waals surface area contributed by atoms with Crippen molar-refractivity contribution in [1.29, 1.82) is 0 Å². The van der Waals surface area contributed by atoms with E-state index in [4.69, 9.17) is 5.73 Å². The topological polar surface area (TPSA) is 72.5 Å². The van der Waals surface area contributed by atoms with E-state index in [0.29, 0.717) is 0 Å². The summed E-state index contributed by atoms with van der Waals surface area (Å²) in [6.45, 7) is 0. The third-order valence-electron chi connectivity index (χ3n) is 2.72. The normalized spacial score (nSPS) is 31.0. The van der Waals surface area contributed by atoms with Crippen LogP contribution in [0, 0.1) is 5.92 Å². The summed E-state index contributed by atoms with van der Waals surface area (Å²) in [6, 6.07) is -0.516. The van der Waals surface area contributed by atoms with Gasteiger partial charge in [-0.15, -0.1) is 0 Å². The number of carbonyl (C=O) groups excluding carboxylic acids is 1. The zero-order valence-electron chi connectivity index (χ0n) is 7.90.